The van der Waals surface area contributed by atoms with E-state index in [2.05, 4.69) is 60.9 Å². The SMILES string of the molecule is Cc1ccc(CC(NN)C2Cc3ccccc3S2)cc1. The van der Waals surface area contributed by atoms with Crippen LogP contribution in [0, 0.1) is 6.92 Å². The third kappa shape index (κ3) is 2.90. The minimum atomic E-state index is 0.301. The molecule has 20 heavy (non-hydrogen) atoms. The minimum absolute atomic E-state index is 0.301. The van der Waals surface area contributed by atoms with E-state index in [0.717, 1.165) is 12.8 Å². The molecule has 0 radical (unpaired) electrons. The Hall–Kier alpha value is -1.29. The maximum atomic E-state index is 5.80. The Morgan fingerprint density at radius 3 is 2.65 bits per heavy atom. The molecule has 1 heterocycles. The largest absolute Gasteiger partial charge is 0.271 e. The van der Waals surface area contributed by atoms with Crippen LogP contribution in [0.15, 0.2) is 53.4 Å². The fraction of sp³-hybridized carbons (Fsp3) is 0.294. The average molecular weight is 284 g/mol. The van der Waals surface area contributed by atoms with Crippen molar-refractivity contribution in [2.45, 2.75) is 36.0 Å². The highest BCUT2D eigenvalue weighted by Crippen LogP contribution is 2.38. The first-order valence-corrected chi connectivity index (χ1v) is 7.90. The van der Waals surface area contributed by atoms with E-state index in [4.69, 9.17) is 5.84 Å². The van der Waals surface area contributed by atoms with Crippen molar-refractivity contribution in [3.05, 3.63) is 65.2 Å². The lowest BCUT2D eigenvalue weighted by molar-refractivity contribution is 0.506. The van der Waals surface area contributed by atoms with Gasteiger partial charge >= 0.3 is 0 Å². The molecular weight excluding hydrogens is 264 g/mol. The number of fused-ring (bicyclic) bond motifs is 1. The molecule has 2 aromatic rings. The standard InChI is InChI=1S/C17H20N2S/c1-12-6-8-13(9-7-12)10-15(19-18)17-11-14-4-2-3-5-16(14)20-17/h2-9,15,17,19H,10-11,18H2,1H3. The molecule has 0 bridgehead atoms. The molecule has 2 unspecified atom stereocenters. The second-order valence-electron chi connectivity index (χ2n) is 5.43. The Balaban J connectivity index is 1.71. The summed E-state index contributed by atoms with van der Waals surface area (Å²) in [5, 5.41) is 0.513. The first-order chi connectivity index (χ1) is 9.76. The van der Waals surface area contributed by atoms with Gasteiger partial charge in [-0.25, -0.2) is 0 Å². The predicted octanol–water partition coefficient (Wildman–Crippen LogP) is 3.09. The summed E-state index contributed by atoms with van der Waals surface area (Å²) in [6, 6.07) is 17.7. The molecule has 2 aromatic carbocycles. The van der Waals surface area contributed by atoms with Crippen LogP contribution in [-0.2, 0) is 12.8 Å². The quantitative estimate of drug-likeness (QED) is 0.669. The molecule has 2 atom stereocenters. The first-order valence-electron chi connectivity index (χ1n) is 7.02. The van der Waals surface area contributed by atoms with Crippen LogP contribution >= 0.6 is 11.8 Å². The average Bonchev–Trinajstić information content (AvgIpc) is 2.90. The van der Waals surface area contributed by atoms with E-state index in [1.165, 1.54) is 21.6 Å². The van der Waals surface area contributed by atoms with Gasteiger partial charge in [0.15, 0.2) is 0 Å². The molecule has 0 saturated heterocycles. The van der Waals surface area contributed by atoms with Gasteiger partial charge in [0.1, 0.15) is 0 Å². The Morgan fingerprint density at radius 1 is 1.20 bits per heavy atom. The van der Waals surface area contributed by atoms with Crippen molar-refractivity contribution in [2.24, 2.45) is 5.84 Å². The van der Waals surface area contributed by atoms with Gasteiger partial charge in [-0.1, -0.05) is 48.0 Å². The van der Waals surface area contributed by atoms with E-state index in [0.29, 0.717) is 11.3 Å². The van der Waals surface area contributed by atoms with Crippen LogP contribution in [0.5, 0.6) is 0 Å². The fourth-order valence-electron chi connectivity index (χ4n) is 2.71. The van der Waals surface area contributed by atoms with Crippen molar-refractivity contribution >= 4 is 11.8 Å². The monoisotopic (exact) mass is 284 g/mol. The maximum absolute atomic E-state index is 5.80. The molecule has 2 nitrogen and oxygen atoms in total. The fourth-order valence-corrected chi connectivity index (χ4v) is 4.10. The summed E-state index contributed by atoms with van der Waals surface area (Å²) < 4.78 is 0. The van der Waals surface area contributed by atoms with Crippen molar-refractivity contribution in [2.75, 3.05) is 0 Å². The van der Waals surface area contributed by atoms with E-state index < -0.39 is 0 Å². The molecule has 0 aliphatic carbocycles. The van der Waals surface area contributed by atoms with Gasteiger partial charge in [0.2, 0.25) is 0 Å². The zero-order chi connectivity index (χ0) is 13.9. The summed E-state index contributed by atoms with van der Waals surface area (Å²) in [5.41, 5.74) is 7.11. The molecule has 1 aliphatic heterocycles. The highest BCUT2D eigenvalue weighted by Gasteiger charge is 2.28. The number of nitrogens with two attached hydrogens (primary N) is 1. The number of rotatable bonds is 4. The third-order valence-electron chi connectivity index (χ3n) is 3.91. The zero-order valence-electron chi connectivity index (χ0n) is 11.7. The van der Waals surface area contributed by atoms with Gasteiger partial charge in [-0.3, -0.25) is 11.3 Å². The summed E-state index contributed by atoms with van der Waals surface area (Å²) in [6.07, 6.45) is 2.07. The smallest absolute Gasteiger partial charge is 0.0376 e. The van der Waals surface area contributed by atoms with Gasteiger partial charge in [0, 0.05) is 16.2 Å². The molecule has 3 rings (SSSR count). The Bertz CT molecular complexity index is 555. The first kappa shape index (κ1) is 13.7. The van der Waals surface area contributed by atoms with Gasteiger partial charge < -0.3 is 0 Å². The third-order valence-corrected chi connectivity index (χ3v) is 5.36. The highest BCUT2D eigenvalue weighted by molar-refractivity contribution is 8.00. The Labute approximate surface area is 124 Å². The lowest BCUT2D eigenvalue weighted by Crippen LogP contribution is -2.44. The predicted molar refractivity (Wildman–Crippen MR) is 85.8 cm³/mol. The lowest BCUT2D eigenvalue weighted by Gasteiger charge is -2.22. The second-order valence-corrected chi connectivity index (χ2v) is 6.71. The van der Waals surface area contributed by atoms with Crippen LogP contribution in [0.2, 0.25) is 0 Å². The van der Waals surface area contributed by atoms with Crippen molar-refractivity contribution in [3.8, 4) is 0 Å². The van der Waals surface area contributed by atoms with Crippen LogP contribution in [-0.4, -0.2) is 11.3 Å². The van der Waals surface area contributed by atoms with E-state index in [9.17, 15) is 0 Å². The summed E-state index contributed by atoms with van der Waals surface area (Å²) in [6.45, 7) is 2.12. The van der Waals surface area contributed by atoms with Crippen LogP contribution in [0.3, 0.4) is 0 Å². The van der Waals surface area contributed by atoms with Crippen molar-refractivity contribution in [3.63, 3.8) is 0 Å². The topological polar surface area (TPSA) is 38.0 Å². The van der Waals surface area contributed by atoms with Gasteiger partial charge in [-0.05, 0) is 37.0 Å². The molecule has 0 saturated carbocycles. The van der Waals surface area contributed by atoms with Crippen molar-refractivity contribution in [1.29, 1.82) is 0 Å². The lowest BCUT2D eigenvalue weighted by atomic mass is 9.99. The molecule has 1 aliphatic rings. The van der Waals surface area contributed by atoms with Gasteiger partial charge in [0.05, 0.1) is 0 Å². The zero-order valence-corrected chi connectivity index (χ0v) is 12.5. The van der Waals surface area contributed by atoms with Crippen molar-refractivity contribution < 1.29 is 0 Å². The van der Waals surface area contributed by atoms with Gasteiger partial charge in [-0.2, -0.15) is 0 Å². The number of aryl methyl sites for hydroxylation is 1. The normalized spacial score (nSPS) is 18.8. The Kier molecular flexibility index (Phi) is 4.10. The number of benzene rings is 2. The Morgan fingerprint density at radius 2 is 1.95 bits per heavy atom. The van der Waals surface area contributed by atoms with E-state index in [1.807, 2.05) is 11.8 Å². The number of thioether (sulfide) groups is 1. The minimum Gasteiger partial charge on any atom is -0.271 e. The summed E-state index contributed by atoms with van der Waals surface area (Å²) in [4.78, 5) is 1.40. The van der Waals surface area contributed by atoms with Gasteiger partial charge in [0.25, 0.3) is 0 Å². The van der Waals surface area contributed by atoms with Gasteiger partial charge in [-0.15, -0.1) is 11.8 Å². The molecule has 0 fully saturated rings. The maximum Gasteiger partial charge on any atom is 0.0376 e. The van der Waals surface area contributed by atoms with E-state index in [-0.39, 0.29) is 0 Å². The van der Waals surface area contributed by atoms with Crippen LogP contribution in [0.25, 0.3) is 0 Å². The van der Waals surface area contributed by atoms with E-state index in [1.54, 1.807) is 0 Å². The van der Waals surface area contributed by atoms with E-state index >= 15 is 0 Å². The summed E-state index contributed by atoms with van der Waals surface area (Å²) in [7, 11) is 0. The van der Waals surface area contributed by atoms with Crippen LogP contribution < -0.4 is 11.3 Å². The van der Waals surface area contributed by atoms with Crippen molar-refractivity contribution in [1.82, 2.24) is 5.43 Å². The molecule has 0 amide bonds. The number of hydrazine groups is 1. The number of nitrogens with one attached hydrogen (secondary N) is 1. The molecule has 0 aromatic heterocycles. The number of hydrogen-bond acceptors (Lipinski definition) is 3. The molecule has 3 heteroatoms. The second kappa shape index (κ2) is 6.00. The molecule has 104 valence electrons. The number of hydrogen-bond donors (Lipinski definition) is 2. The molecule has 3 N–H and O–H groups in total. The highest BCUT2D eigenvalue weighted by atomic mass is 32.2. The molecule has 0 spiro atoms. The molecular formula is C17H20N2S. The van der Waals surface area contributed by atoms with Crippen LogP contribution in [0.4, 0.5) is 0 Å². The summed E-state index contributed by atoms with van der Waals surface area (Å²) in [5.74, 6) is 5.80. The van der Waals surface area contributed by atoms with Crippen LogP contribution in [0.1, 0.15) is 16.7 Å². The summed E-state index contributed by atoms with van der Waals surface area (Å²) >= 11 is 1.95.